The summed E-state index contributed by atoms with van der Waals surface area (Å²) in [4.78, 5) is 24.5. The van der Waals surface area contributed by atoms with Gasteiger partial charge in [0.15, 0.2) is 5.78 Å². The van der Waals surface area contributed by atoms with Gasteiger partial charge in [0.2, 0.25) is 0 Å². The molecule has 1 heterocycles. The molecule has 0 unspecified atom stereocenters. The topological polar surface area (TPSA) is 44.0 Å². The van der Waals surface area contributed by atoms with E-state index in [2.05, 4.69) is 22.6 Å². The summed E-state index contributed by atoms with van der Waals surface area (Å²) in [6.07, 6.45) is 0. The van der Waals surface area contributed by atoms with Crippen LogP contribution >= 0.6 is 22.6 Å². The molecule has 0 bridgehead atoms. The number of hydrogen-bond donors (Lipinski definition) is 0. The molecule has 3 aromatic rings. The van der Waals surface area contributed by atoms with Crippen molar-refractivity contribution in [2.24, 2.45) is 14.1 Å². The summed E-state index contributed by atoms with van der Waals surface area (Å²) in [5.41, 5.74) is 2.76. The number of benzene rings is 2. The summed E-state index contributed by atoms with van der Waals surface area (Å²) < 4.78 is 4.06. The molecule has 0 fully saturated rings. The lowest BCUT2D eigenvalue weighted by Gasteiger charge is -2.04. The predicted molar refractivity (Wildman–Crippen MR) is 90.8 cm³/mol. The van der Waals surface area contributed by atoms with Gasteiger partial charge in [-0.1, -0.05) is 12.1 Å². The third-order valence-electron chi connectivity index (χ3n) is 3.65. The summed E-state index contributed by atoms with van der Waals surface area (Å²) in [5.74, 6) is -0.0294. The second-order valence-corrected chi connectivity index (χ2v) is 6.08. The van der Waals surface area contributed by atoms with Gasteiger partial charge in [0.1, 0.15) is 0 Å². The van der Waals surface area contributed by atoms with Crippen molar-refractivity contribution in [2.45, 2.75) is 0 Å². The van der Waals surface area contributed by atoms with Crippen LogP contribution in [-0.4, -0.2) is 14.9 Å². The fourth-order valence-electron chi connectivity index (χ4n) is 2.45. The minimum atomic E-state index is -0.0936. The molecule has 0 saturated carbocycles. The van der Waals surface area contributed by atoms with E-state index in [1.807, 2.05) is 30.3 Å². The number of aryl methyl sites for hydroxylation is 2. The number of halogens is 1. The number of imidazole rings is 1. The quantitative estimate of drug-likeness (QED) is 0.497. The maximum Gasteiger partial charge on any atom is 0.328 e. The fraction of sp³-hybridized carbons (Fsp3) is 0.125. The van der Waals surface area contributed by atoms with E-state index in [9.17, 15) is 9.59 Å². The van der Waals surface area contributed by atoms with Crippen LogP contribution in [0.1, 0.15) is 15.9 Å². The Morgan fingerprint density at radius 3 is 2.38 bits per heavy atom. The number of aromatic nitrogens is 2. The van der Waals surface area contributed by atoms with Crippen LogP contribution in [-0.2, 0) is 14.1 Å². The molecular formula is C16H13IN2O2. The molecule has 0 radical (unpaired) electrons. The van der Waals surface area contributed by atoms with Crippen LogP contribution in [0.25, 0.3) is 11.0 Å². The van der Waals surface area contributed by atoms with Crippen LogP contribution in [0.15, 0.2) is 47.3 Å². The second kappa shape index (κ2) is 5.14. The zero-order valence-electron chi connectivity index (χ0n) is 11.6. The van der Waals surface area contributed by atoms with E-state index in [1.54, 1.807) is 35.4 Å². The van der Waals surface area contributed by atoms with Crippen LogP contribution in [0.4, 0.5) is 0 Å². The number of rotatable bonds is 2. The van der Waals surface area contributed by atoms with Gasteiger partial charge < -0.3 is 0 Å². The molecule has 5 heteroatoms. The third kappa shape index (κ3) is 2.21. The summed E-state index contributed by atoms with van der Waals surface area (Å²) in [6.45, 7) is 0. The molecule has 0 N–H and O–H groups in total. The predicted octanol–water partition coefficient (Wildman–Crippen LogP) is 2.71. The van der Waals surface area contributed by atoms with Crippen LogP contribution in [0.2, 0.25) is 0 Å². The summed E-state index contributed by atoms with van der Waals surface area (Å²) in [7, 11) is 3.44. The Hall–Kier alpha value is -1.89. The highest BCUT2D eigenvalue weighted by molar-refractivity contribution is 14.1. The largest absolute Gasteiger partial charge is 0.328 e. The molecule has 0 saturated heterocycles. The number of nitrogens with zero attached hydrogens (tertiary/aromatic N) is 2. The van der Waals surface area contributed by atoms with Gasteiger partial charge in [0.05, 0.1) is 11.0 Å². The van der Waals surface area contributed by atoms with Crippen LogP contribution in [0.3, 0.4) is 0 Å². The number of carbonyl (C=O) groups excluding carboxylic acids is 1. The van der Waals surface area contributed by atoms with Crippen molar-refractivity contribution in [1.29, 1.82) is 0 Å². The highest BCUT2D eigenvalue weighted by atomic mass is 127. The molecule has 0 aliphatic carbocycles. The standard InChI is InChI=1S/C16H13IN2O2/c1-18-13-8-7-10(9-14(13)19(2)16(18)21)15(20)11-5-3-4-6-12(11)17/h3-9H,1-2H3. The first-order valence-electron chi connectivity index (χ1n) is 6.45. The number of hydrogen-bond acceptors (Lipinski definition) is 2. The van der Waals surface area contributed by atoms with Gasteiger partial charge in [-0.3, -0.25) is 13.9 Å². The van der Waals surface area contributed by atoms with Crippen molar-refractivity contribution < 1.29 is 4.79 Å². The van der Waals surface area contributed by atoms with Gasteiger partial charge in [0.25, 0.3) is 0 Å². The van der Waals surface area contributed by atoms with Crippen LogP contribution < -0.4 is 5.69 Å². The Morgan fingerprint density at radius 2 is 1.67 bits per heavy atom. The first-order chi connectivity index (χ1) is 10.0. The minimum Gasteiger partial charge on any atom is -0.295 e. The first kappa shape index (κ1) is 14.1. The zero-order valence-corrected chi connectivity index (χ0v) is 13.8. The third-order valence-corrected chi connectivity index (χ3v) is 4.59. The van der Waals surface area contributed by atoms with Crippen molar-refractivity contribution in [3.63, 3.8) is 0 Å². The van der Waals surface area contributed by atoms with Crippen molar-refractivity contribution in [2.75, 3.05) is 0 Å². The Kier molecular flexibility index (Phi) is 3.44. The number of fused-ring (bicyclic) bond motifs is 1. The molecule has 0 atom stereocenters. The molecule has 0 aliphatic heterocycles. The normalized spacial score (nSPS) is 11.0. The molecule has 1 aromatic heterocycles. The molecule has 21 heavy (non-hydrogen) atoms. The van der Waals surface area contributed by atoms with Crippen molar-refractivity contribution >= 4 is 39.4 Å². The molecule has 3 rings (SSSR count). The molecular weight excluding hydrogens is 379 g/mol. The zero-order chi connectivity index (χ0) is 15.1. The van der Waals surface area contributed by atoms with Gasteiger partial charge in [-0.2, -0.15) is 0 Å². The van der Waals surface area contributed by atoms with Gasteiger partial charge in [-0.05, 0) is 52.9 Å². The SMILES string of the molecule is Cn1c(=O)n(C)c2cc(C(=O)c3ccccc3I)ccc21. The van der Waals surface area contributed by atoms with E-state index in [-0.39, 0.29) is 11.5 Å². The van der Waals surface area contributed by atoms with E-state index in [0.29, 0.717) is 11.1 Å². The first-order valence-corrected chi connectivity index (χ1v) is 7.53. The summed E-state index contributed by atoms with van der Waals surface area (Å²) in [5, 5.41) is 0. The van der Waals surface area contributed by atoms with Gasteiger partial charge in [0, 0.05) is 28.8 Å². The van der Waals surface area contributed by atoms with E-state index in [0.717, 1.165) is 14.6 Å². The Morgan fingerprint density at radius 1 is 1.00 bits per heavy atom. The van der Waals surface area contributed by atoms with E-state index >= 15 is 0 Å². The number of ketones is 1. The monoisotopic (exact) mass is 392 g/mol. The average molecular weight is 392 g/mol. The van der Waals surface area contributed by atoms with Gasteiger partial charge in [-0.15, -0.1) is 0 Å². The van der Waals surface area contributed by atoms with Crippen molar-refractivity contribution in [1.82, 2.24) is 9.13 Å². The average Bonchev–Trinajstić information content (AvgIpc) is 2.71. The molecule has 0 amide bonds. The van der Waals surface area contributed by atoms with Crippen LogP contribution in [0.5, 0.6) is 0 Å². The Labute approximate surface area is 135 Å². The Balaban J connectivity index is 2.18. The maximum absolute atomic E-state index is 12.6. The summed E-state index contributed by atoms with van der Waals surface area (Å²) in [6, 6.07) is 12.9. The molecule has 4 nitrogen and oxygen atoms in total. The Bertz CT molecular complexity index is 922. The lowest BCUT2D eigenvalue weighted by molar-refractivity contribution is 0.103. The molecule has 0 aliphatic rings. The van der Waals surface area contributed by atoms with Crippen LogP contribution in [0, 0.1) is 3.57 Å². The second-order valence-electron chi connectivity index (χ2n) is 4.91. The maximum atomic E-state index is 12.6. The molecule has 2 aromatic carbocycles. The number of carbonyl (C=O) groups is 1. The van der Waals surface area contributed by atoms with Crippen molar-refractivity contribution in [3.05, 3.63) is 67.6 Å². The fourth-order valence-corrected chi connectivity index (χ4v) is 3.08. The van der Waals surface area contributed by atoms with E-state index < -0.39 is 0 Å². The highest BCUT2D eigenvalue weighted by Crippen LogP contribution is 2.20. The van der Waals surface area contributed by atoms with Gasteiger partial charge >= 0.3 is 5.69 Å². The van der Waals surface area contributed by atoms with E-state index in [1.165, 1.54) is 0 Å². The smallest absolute Gasteiger partial charge is 0.295 e. The highest BCUT2D eigenvalue weighted by Gasteiger charge is 2.15. The van der Waals surface area contributed by atoms with E-state index in [4.69, 9.17) is 0 Å². The summed E-state index contributed by atoms with van der Waals surface area (Å²) >= 11 is 2.16. The van der Waals surface area contributed by atoms with Crippen molar-refractivity contribution in [3.8, 4) is 0 Å². The minimum absolute atomic E-state index is 0.0294. The molecule has 0 spiro atoms. The van der Waals surface area contributed by atoms with Gasteiger partial charge in [-0.25, -0.2) is 4.79 Å². The lowest BCUT2D eigenvalue weighted by Crippen LogP contribution is -2.19. The lowest BCUT2D eigenvalue weighted by atomic mass is 10.0. The molecule has 106 valence electrons.